The highest BCUT2D eigenvalue weighted by Crippen LogP contribution is 2.36. The van der Waals surface area contributed by atoms with Crippen molar-refractivity contribution in [2.75, 3.05) is 32.2 Å². The molecule has 0 fully saturated rings. The van der Waals surface area contributed by atoms with E-state index in [-0.39, 0.29) is 29.2 Å². The molecular formula is C38H49N5O4S. The van der Waals surface area contributed by atoms with Gasteiger partial charge in [-0.2, -0.15) is 0 Å². The zero-order valence-electron chi connectivity index (χ0n) is 29.1. The van der Waals surface area contributed by atoms with E-state index in [2.05, 4.69) is 62.6 Å². The fourth-order valence-corrected chi connectivity index (χ4v) is 6.78. The molecule has 0 spiro atoms. The maximum Gasteiger partial charge on any atom is 0.255 e. The van der Waals surface area contributed by atoms with Gasteiger partial charge in [-0.15, -0.1) is 11.8 Å². The number of hydrogen-bond acceptors (Lipinski definition) is 6. The van der Waals surface area contributed by atoms with Crippen molar-refractivity contribution in [1.29, 1.82) is 0 Å². The Bertz CT molecular complexity index is 1620. The SMILES string of the molecule is CSc1ccc(C2Cc3ccc(NC(=O)CC(C)CC(C)(C)C)cc3C(=O)N2Cc2ccc(C(=O)NC(CN(C)C)C(N)=O)cc2)cc1. The summed E-state index contributed by atoms with van der Waals surface area (Å²) in [4.78, 5) is 56.7. The maximum absolute atomic E-state index is 14.2. The van der Waals surface area contributed by atoms with E-state index in [1.807, 2.05) is 35.4 Å². The number of carbonyl (C=O) groups is 4. The Morgan fingerprint density at radius 2 is 1.69 bits per heavy atom. The third-order valence-electron chi connectivity index (χ3n) is 8.44. The molecule has 0 saturated heterocycles. The molecule has 4 amide bonds. The second-order valence-electron chi connectivity index (χ2n) is 14.3. The lowest BCUT2D eigenvalue weighted by Crippen LogP contribution is -2.49. The number of nitrogens with two attached hydrogens (primary N) is 1. The number of likely N-dealkylation sites (N-methyl/N-ethyl adjacent to an activating group) is 1. The van der Waals surface area contributed by atoms with Gasteiger partial charge in [-0.05, 0) is 97.6 Å². The molecule has 3 aromatic rings. The van der Waals surface area contributed by atoms with E-state index < -0.39 is 17.9 Å². The molecule has 3 atom stereocenters. The minimum Gasteiger partial charge on any atom is -0.368 e. The van der Waals surface area contributed by atoms with Gasteiger partial charge in [0, 0.05) is 41.2 Å². The molecule has 9 nitrogen and oxygen atoms in total. The van der Waals surface area contributed by atoms with E-state index in [4.69, 9.17) is 5.73 Å². The molecule has 3 aromatic carbocycles. The van der Waals surface area contributed by atoms with Crippen molar-refractivity contribution in [1.82, 2.24) is 15.1 Å². The first-order chi connectivity index (χ1) is 22.6. The number of thioether (sulfide) groups is 1. The number of fused-ring (bicyclic) bond motifs is 1. The Balaban J connectivity index is 1.56. The van der Waals surface area contributed by atoms with Crippen LogP contribution in [0.5, 0.6) is 0 Å². The number of nitrogens with one attached hydrogen (secondary N) is 2. The summed E-state index contributed by atoms with van der Waals surface area (Å²) in [6, 6.07) is 19.9. The van der Waals surface area contributed by atoms with Gasteiger partial charge in [0.1, 0.15) is 6.04 Å². The fraction of sp³-hybridized carbons (Fsp3) is 0.421. The third-order valence-corrected chi connectivity index (χ3v) is 9.18. The quantitative estimate of drug-likeness (QED) is 0.195. The molecule has 1 aliphatic heterocycles. The molecule has 10 heteroatoms. The predicted molar refractivity (Wildman–Crippen MR) is 193 cm³/mol. The van der Waals surface area contributed by atoms with E-state index >= 15 is 0 Å². The predicted octanol–water partition coefficient (Wildman–Crippen LogP) is 5.89. The van der Waals surface area contributed by atoms with Crippen LogP contribution >= 0.6 is 11.8 Å². The average molecular weight is 672 g/mol. The van der Waals surface area contributed by atoms with E-state index in [0.717, 1.165) is 28.0 Å². The smallest absolute Gasteiger partial charge is 0.255 e. The van der Waals surface area contributed by atoms with Crippen LogP contribution in [0.2, 0.25) is 0 Å². The van der Waals surface area contributed by atoms with Crippen molar-refractivity contribution in [3.05, 3.63) is 94.5 Å². The zero-order chi connectivity index (χ0) is 35.2. The standard InChI is InChI=1S/C38H49N5O4S/c1-24(21-38(2,3)4)18-34(44)40-29-15-12-28-19-33(26-13-16-30(48-7)17-14-26)43(37(47)31(28)20-29)22-25-8-10-27(11-9-25)36(46)41-32(35(39)45)23-42(5)6/h8-17,20,24,32-33H,18-19,21-23H2,1-7H3,(H2,39,45)(H,40,44)(H,41,46). The minimum atomic E-state index is -0.821. The summed E-state index contributed by atoms with van der Waals surface area (Å²) >= 11 is 1.66. The Kier molecular flexibility index (Phi) is 12.1. The fourth-order valence-electron chi connectivity index (χ4n) is 6.37. The molecule has 0 aliphatic carbocycles. The highest BCUT2D eigenvalue weighted by atomic mass is 32.2. The summed E-state index contributed by atoms with van der Waals surface area (Å²) in [7, 11) is 3.60. The van der Waals surface area contributed by atoms with Crippen molar-refractivity contribution >= 4 is 41.1 Å². The number of nitrogens with zero attached hydrogens (tertiary/aromatic N) is 2. The Morgan fingerprint density at radius 1 is 1.02 bits per heavy atom. The number of rotatable bonds is 13. The van der Waals surface area contributed by atoms with Gasteiger partial charge in [-0.1, -0.05) is 58.0 Å². The van der Waals surface area contributed by atoms with Crippen LogP contribution in [-0.2, 0) is 22.6 Å². The second kappa shape index (κ2) is 15.8. The number of benzene rings is 3. The molecule has 0 radical (unpaired) electrons. The van der Waals surface area contributed by atoms with Crippen LogP contribution in [0.4, 0.5) is 5.69 Å². The molecule has 4 N–H and O–H groups in total. The van der Waals surface area contributed by atoms with Crippen molar-refractivity contribution < 1.29 is 19.2 Å². The molecule has 48 heavy (non-hydrogen) atoms. The number of carbonyl (C=O) groups excluding carboxylic acids is 4. The van der Waals surface area contributed by atoms with Gasteiger partial charge < -0.3 is 26.2 Å². The molecule has 1 aliphatic rings. The minimum absolute atomic E-state index is 0.0634. The van der Waals surface area contributed by atoms with Gasteiger partial charge in [0.05, 0.1) is 6.04 Å². The van der Waals surface area contributed by atoms with Gasteiger partial charge in [-0.3, -0.25) is 19.2 Å². The largest absolute Gasteiger partial charge is 0.368 e. The van der Waals surface area contributed by atoms with Crippen LogP contribution in [0.25, 0.3) is 0 Å². The summed E-state index contributed by atoms with van der Waals surface area (Å²) in [5, 5.41) is 5.72. The van der Waals surface area contributed by atoms with Gasteiger partial charge in [0.2, 0.25) is 11.8 Å². The highest BCUT2D eigenvalue weighted by molar-refractivity contribution is 7.98. The van der Waals surface area contributed by atoms with Gasteiger partial charge in [-0.25, -0.2) is 0 Å². The molecule has 0 bridgehead atoms. The van der Waals surface area contributed by atoms with Gasteiger partial charge >= 0.3 is 0 Å². The topological polar surface area (TPSA) is 125 Å². The van der Waals surface area contributed by atoms with Gasteiger partial charge in [0.25, 0.3) is 11.8 Å². The Labute approximate surface area is 289 Å². The average Bonchev–Trinajstić information content (AvgIpc) is 3.01. The molecule has 1 heterocycles. The van der Waals surface area contributed by atoms with E-state index in [1.54, 1.807) is 49.0 Å². The summed E-state index contributed by atoms with van der Waals surface area (Å²) in [6.07, 6.45) is 4.00. The zero-order valence-corrected chi connectivity index (χ0v) is 29.9. The molecule has 4 rings (SSSR count). The molecular weight excluding hydrogens is 623 g/mol. The maximum atomic E-state index is 14.2. The number of primary amides is 1. The lowest BCUT2D eigenvalue weighted by Gasteiger charge is -2.37. The first kappa shape index (κ1) is 36.7. The number of amides is 4. The monoisotopic (exact) mass is 671 g/mol. The first-order valence-electron chi connectivity index (χ1n) is 16.3. The van der Waals surface area contributed by atoms with Crippen LogP contribution in [0.1, 0.15) is 84.0 Å². The second-order valence-corrected chi connectivity index (χ2v) is 15.2. The summed E-state index contributed by atoms with van der Waals surface area (Å²) in [5.41, 5.74) is 10.0. The lowest BCUT2D eigenvalue weighted by atomic mass is 9.84. The molecule has 0 aromatic heterocycles. The lowest BCUT2D eigenvalue weighted by molar-refractivity contribution is -0.120. The highest BCUT2D eigenvalue weighted by Gasteiger charge is 2.34. The van der Waals surface area contributed by atoms with Crippen LogP contribution in [0.15, 0.2) is 71.6 Å². The van der Waals surface area contributed by atoms with Crippen molar-refractivity contribution in [2.24, 2.45) is 17.1 Å². The van der Waals surface area contributed by atoms with E-state index in [0.29, 0.717) is 42.7 Å². The Morgan fingerprint density at radius 3 is 2.27 bits per heavy atom. The summed E-state index contributed by atoms with van der Waals surface area (Å²) in [5.74, 6) is -0.955. The molecule has 256 valence electrons. The van der Waals surface area contributed by atoms with Crippen LogP contribution < -0.4 is 16.4 Å². The van der Waals surface area contributed by atoms with Crippen LogP contribution in [-0.4, -0.2) is 66.4 Å². The van der Waals surface area contributed by atoms with Crippen LogP contribution in [0, 0.1) is 11.3 Å². The summed E-state index contributed by atoms with van der Waals surface area (Å²) in [6.45, 7) is 9.22. The first-order valence-corrected chi connectivity index (χ1v) is 17.6. The Hall–Kier alpha value is -4.15. The van der Waals surface area contributed by atoms with Crippen LogP contribution in [0.3, 0.4) is 0 Å². The van der Waals surface area contributed by atoms with Crippen molar-refractivity contribution in [3.63, 3.8) is 0 Å². The van der Waals surface area contributed by atoms with Crippen molar-refractivity contribution in [2.45, 2.75) is 70.5 Å². The number of anilines is 1. The third kappa shape index (κ3) is 9.93. The molecule has 3 unspecified atom stereocenters. The van der Waals surface area contributed by atoms with E-state index in [1.165, 1.54) is 0 Å². The number of hydrogen-bond donors (Lipinski definition) is 3. The normalized spacial score (nSPS) is 15.9. The van der Waals surface area contributed by atoms with Crippen molar-refractivity contribution in [3.8, 4) is 0 Å². The van der Waals surface area contributed by atoms with E-state index in [9.17, 15) is 19.2 Å². The summed E-state index contributed by atoms with van der Waals surface area (Å²) < 4.78 is 0. The molecule has 0 saturated carbocycles. The van der Waals surface area contributed by atoms with Gasteiger partial charge in [0.15, 0.2) is 0 Å².